The lowest BCUT2D eigenvalue weighted by molar-refractivity contribution is 0.411. The Morgan fingerprint density at radius 3 is 2.54 bits per heavy atom. The zero-order chi connectivity index (χ0) is 20.0. The van der Waals surface area contributed by atoms with Crippen LogP contribution in [0.1, 0.15) is 21.7 Å². The van der Waals surface area contributed by atoms with Crippen molar-refractivity contribution in [2.45, 2.75) is 20.8 Å². The van der Waals surface area contributed by atoms with E-state index >= 15 is 0 Å². The quantitative estimate of drug-likeness (QED) is 0.544. The molecule has 0 bridgehead atoms. The number of anilines is 1. The molecule has 2 N–H and O–H groups in total. The molecule has 2 heterocycles. The van der Waals surface area contributed by atoms with Gasteiger partial charge in [-0.15, -0.1) is 11.3 Å². The first-order chi connectivity index (χ1) is 13.3. The van der Waals surface area contributed by atoms with Gasteiger partial charge in [-0.25, -0.2) is 4.98 Å². The summed E-state index contributed by atoms with van der Waals surface area (Å²) in [6.07, 6.45) is 0. The molecule has 1 aliphatic rings. The number of halogens is 1. The molecule has 3 aromatic rings. The van der Waals surface area contributed by atoms with Crippen molar-refractivity contribution in [3.05, 3.63) is 74.3 Å². The van der Waals surface area contributed by atoms with E-state index in [-0.39, 0.29) is 18.1 Å². The second kappa shape index (κ2) is 7.08. The lowest BCUT2D eigenvalue weighted by Gasteiger charge is -2.19. The molecular weight excluding hydrogens is 390 g/mol. The molecule has 0 radical (unpaired) electrons. The lowest BCUT2D eigenvalue weighted by Crippen LogP contribution is -2.26. The second-order valence-electron chi connectivity index (χ2n) is 7.03. The number of rotatable bonds is 3. The number of hydrogen-bond donors (Lipinski definition) is 2. The van der Waals surface area contributed by atoms with Crippen molar-refractivity contribution in [3.8, 4) is 11.3 Å². The number of thiazole rings is 1. The van der Waals surface area contributed by atoms with Crippen molar-refractivity contribution < 1.29 is 5.11 Å². The number of aryl methyl sites for hydroxylation is 3. The number of aromatic nitrogens is 1. The molecule has 0 atom stereocenters. The number of aliphatic hydroxyl groups excluding tert-OH is 1. The van der Waals surface area contributed by atoms with Crippen molar-refractivity contribution in [1.82, 2.24) is 4.98 Å². The van der Waals surface area contributed by atoms with Crippen molar-refractivity contribution in [2.75, 3.05) is 11.4 Å². The predicted octanol–water partition coefficient (Wildman–Crippen LogP) is 6.16. The van der Waals surface area contributed by atoms with Crippen LogP contribution in [0.4, 0.5) is 5.69 Å². The fourth-order valence-corrected chi connectivity index (χ4v) is 4.27. The van der Waals surface area contributed by atoms with E-state index in [2.05, 4.69) is 32.0 Å². The highest BCUT2D eigenvalue weighted by atomic mass is 35.5. The van der Waals surface area contributed by atoms with Crippen LogP contribution in [-0.2, 0) is 0 Å². The summed E-state index contributed by atoms with van der Waals surface area (Å²) in [6.45, 7) is 6.34. The summed E-state index contributed by atoms with van der Waals surface area (Å²) in [5, 5.41) is 22.4. The van der Waals surface area contributed by atoms with Crippen molar-refractivity contribution in [1.29, 1.82) is 5.41 Å². The van der Waals surface area contributed by atoms with Gasteiger partial charge >= 0.3 is 0 Å². The van der Waals surface area contributed by atoms with Crippen LogP contribution in [0.25, 0.3) is 16.8 Å². The van der Waals surface area contributed by atoms with Gasteiger partial charge in [-0.3, -0.25) is 5.41 Å². The van der Waals surface area contributed by atoms with Crippen LogP contribution in [0, 0.1) is 26.2 Å². The number of amidine groups is 1. The zero-order valence-electron chi connectivity index (χ0n) is 15.9. The Hall–Kier alpha value is -2.63. The number of benzene rings is 2. The van der Waals surface area contributed by atoms with Crippen LogP contribution in [0.3, 0.4) is 0 Å². The fourth-order valence-electron chi connectivity index (χ4n) is 3.20. The third-order valence-corrected chi connectivity index (χ3v) is 6.36. The number of hydrogen-bond acceptors (Lipinski definition) is 4. The molecule has 0 unspecified atom stereocenters. The Labute approximate surface area is 173 Å². The van der Waals surface area contributed by atoms with Crippen molar-refractivity contribution in [2.24, 2.45) is 0 Å². The maximum Gasteiger partial charge on any atom is 0.139 e. The molecule has 1 aromatic heterocycles. The second-order valence-corrected chi connectivity index (χ2v) is 8.29. The summed E-state index contributed by atoms with van der Waals surface area (Å²) < 4.78 is 0. The molecular formula is C22H20ClN3OS. The smallest absolute Gasteiger partial charge is 0.139 e. The predicted molar refractivity (Wildman–Crippen MR) is 118 cm³/mol. The van der Waals surface area contributed by atoms with Gasteiger partial charge in [-0.05, 0) is 55.7 Å². The third kappa shape index (κ3) is 3.21. The highest BCUT2D eigenvalue weighted by molar-refractivity contribution is 7.11. The van der Waals surface area contributed by atoms with Gasteiger partial charge in [0, 0.05) is 21.7 Å². The van der Waals surface area contributed by atoms with E-state index in [9.17, 15) is 5.11 Å². The first kappa shape index (κ1) is 18.7. The Bertz CT molecular complexity index is 1130. The summed E-state index contributed by atoms with van der Waals surface area (Å²) in [7, 11) is 0. The molecule has 142 valence electrons. The molecule has 0 amide bonds. The summed E-state index contributed by atoms with van der Waals surface area (Å²) in [5.74, 6) is 0.390. The minimum atomic E-state index is 0.155. The molecule has 0 spiro atoms. The average Bonchev–Trinajstić information content (AvgIpc) is 3.24. The van der Waals surface area contributed by atoms with Crippen LogP contribution in [0.2, 0.25) is 5.02 Å². The summed E-state index contributed by atoms with van der Waals surface area (Å²) in [4.78, 5) is 6.44. The van der Waals surface area contributed by atoms with E-state index in [1.807, 2.05) is 30.5 Å². The number of nitrogens with zero attached hydrogens (tertiary/aromatic N) is 2. The minimum absolute atomic E-state index is 0.155. The Balaban J connectivity index is 1.65. The van der Waals surface area contributed by atoms with Crippen molar-refractivity contribution in [3.63, 3.8) is 0 Å². The topological polar surface area (TPSA) is 60.2 Å². The largest absolute Gasteiger partial charge is 0.510 e. The van der Waals surface area contributed by atoms with E-state index in [0.29, 0.717) is 15.6 Å². The van der Waals surface area contributed by atoms with Crippen molar-refractivity contribution >= 4 is 40.0 Å². The van der Waals surface area contributed by atoms with Gasteiger partial charge in [0.2, 0.25) is 0 Å². The van der Waals surface area contributed by atoms with Crippen LogP contribution >= 0.6 is 22.9 Å². The van der Waals surface area contributed by atoms with E-state index in [0.717, 1.165) is 22.5 Å². The summed E-state index contributed by atoms with van der Waals surface area (Å²) in [6, 6.07) is 11.9. The Morgan fingerprint density at radius 1 is 1.07 bits per heavy atom. The van der Waals surface area contributed by atoms with Gasteiger partial charge < -0.3 is 10.0 Å². The van der Waals surface area contributed by atoms with Crippen LogP contribution < -0.4 is 4.90 Å². The highest BCUT2D eigenvalue weighted by Crippen LogP contribution is 2.35. The number of aliphatic hydroxyl groups is 1. The monoisotopic (exact) mass is 409 g/mol. The molecule has 28 heavy (non-hydrogen) atoms. The van der Waals surface area contributed by atoms with Gasteiger partial charge in [0.05, 0.1) is 17.8 Å². The molecule has 4 rings (SSSR count). The van der Waals surface area contributed by atoms with Gasteiger partial charge in [-0.2, -0.15) is 0 Å². The highest BCUT2D eigenvalue weighted by Gasteiger charge is 2.31. The summed E-state index contributed by atoms with van der Waals surface area (Å²) in [5.41, 5.74) is 6.59. The van der Waals surface area contributed by atoms with Gasteiger partial charge in [0.15, 0.2) is 0 Å². The van der Waals surface area contributed by atoms with E-state index in [4.69, 9.17) is 22.0 Å². The Morgan fingerprint density at radius 2 is 1.82 bits per heavy atom. The molecule has 4 nitrogen and oxygen atoms in total. The molecule has 2 aromatic carbocycles. The molecule has 0 fully saturated rings. The SMILES string of the molecule is Cc1ccc(-c2csc(C3=C(O)CN(c4ccc(C)c(Cl)c4)C3=N)n2)cc1C. The minimum Gasteiger partial charge on any atom is -0.510 e. The molecule has 0 saturated carbocycles. The maximum absolute atomic E-state index is 10.6. The van der Waals surface area contributed by atoms with Crippen LogP contribution in [0.15, 0.2) is 47.5 Å². The van der Waals surface area contributed by atoms with E-state index in [1.165, 1.54) is 22.5 Å². The first-order valence-corrected chi connectivity index (χ1v) is 10.2. The molecule has 0 saturated heterocycles. The van der Waals surface area contributed by atoms with Crippen LogP contribution in [-0.4, -0.2) is 22.5 Å². The van der Waals surface area contributed by atoms with Crippen LogP contribution in [0.5, 0.6) is 0 Å². The molecule has 1 aliphatic heterocycles. The zero-order valence-corrected chi connectivity index (χ0v) is 17.4. The standard InChI is InChI=1S/C22H20ClN3OS/c1-12-4-6-15(8-14(12)3)18-11-28-22(25-18)20-19(27)10-26(21(20)24)16-7-5-13(2)17(23)9-16/h4-9,11,24,27H,10H2,1-3H3. The van der Waals surface area contributed by atoms with E-state index < -0.39 is 0 Å². The molecule has 0 aliphatic carbocycles. The third-order valence-electron chi connectivity index (χ3n) is 5.09. The average molecular weight is 410 g/mol. The van der Waals surface area contributed by atoms with Gasteiger partial charge in [0.25, 0.3) is 0 Å². The Kier molecular flexibility index (Phi) is 4.73. The molecule has 6 heteroatoms. The fraction of sp³-hybridized carbons (Fsp3) is 0.182. The normalized spacial score (nSPS) is 14.3. The first-order valence-electron chi connectivity index (χ1n) is 8.93. The van der Waals surface area contributed by atoms with Gasteiger partial charge in [-0.1, -0.05) is 29.8 Å². The lowest BCUT2D eigenvalue weighted by atomic mass is 10.1. The number of nitrogens with one attached hydrogen (secondary N) is 1. The van der Waals surface area contributed by atoms with E-state index in [1.54, 1.807) is 4.90 Å². The summed E-state index contributed by atoms with van der Waals surface area (Å²) >= 11 is 7.68. The van der Waals surface area contributed by atoms with Gasteiger partial charge in [0.1, 0.15) is 16.6 Å². The maximum atomic E-state index is 10.6.